The number of nitrogen functional groups attached to an aromatic ring is 1. The van der Waals surface area contributed by atoms with E-state index in [1.165, 1.54) is 30.5 Å². The highest BCUT2D eigenvalue weighted by molar-refractivity contribution is 5.74. The van der Waals surface area contributed by atoms with E-state index in [9.17, 15) is 0 Å². The van der Waals surface area contributed by atoms with Crippen molar-refractivity contribution in [3.8, 4) is 0 Å². The number of aryl methyl sites for hydroxylation is 1. The maximum atomic E-state index is 6.22. The predicted octanol–water partition coefficient (Wildman–Crippen LogP) is 3.75. The molecule has 2 aliphatic rings. The molecule has 4 rings (SSSR count). The summed E-state index contributed by atoms with van der Waals surface area (Å²) < 4.78 is 0. The lowest BCUT2D eigenvalue weighted by Crippen LogP contribution is -2.29. The summed E-state index contributed by atoms with van der Waals surface area (Å²) in [7, 11) is 0. The van der Waals surface area contributed by atoms with Gasteiger partial charge >= 0.3 is 0 Å². The Hall–Kier alpha value is -1.96. The molecule has 1 aliphatic heterocycles. The molecule has 0 bridgehead atoms. The molecule has 0 saturated carbocycles. The fourth-order valence-electron chi connectivity index (χ4n) is 4.06. The van der Waals surface area contributed by atoms with Crippen LogP contribution in [-0.4, -0.2) is 13.1 Å². The zero-order valence-electron chi connectivity index (χ0n) is 12.4. The molecule has 2 aromatic carbocycles. The summed E-state index contributed by atoms with van der Waals surface area (Å²) in [5.41, 5.74) is 13.0. The lowest BCUT2D eigenvalue weighted by Gasteiger charge is -2.31. The number of benzene rings is 2. The monoisotopic (exact) mass is 278 g/mol. The molecule has 2 nitrogen and oxygen atoms in total. The van der Waals surface area contributed by atoms with Crippen molar-refractivity contribution >= 4 is 11.4 Å². The third-order valence-electron chi connectivity index (χ3n) is 5.05. The summed E-state index contributed by atoms with van der Waals surface area (Å²) in [5.74, 6) is 0.653. The quantitative estimate of drug-likeness (QED) is 0.848. The van der Waals surface area contributed by atoms with E-state index in [2.05, 4.69) is 41.3 Å². The van der Waals surface area contributed by atoms with Gasteiger partial charge < -0.3 is 10.6 Å². The number of hydrogen-bond acceptors (Lipinski definition) is 2. The van der Waals surface area contributed by atoms with Crippen molar-refractivity contribution in [1.82, 2.24) is 0 Å². The van der Waals surface area contributed by atoms with Gasteiger partial charge in [-0.3, -0.25) is 0 Å². The molecule has 0 saturated heterocycles. The first-order valence-electron chi connectivity index (χ1n) is 8.03. The molecule has 21 heavy (non-hydrogen) atoms. The Kier molecular flexibility index (Phi) is 3.10. The van der Waals surface area contributed by atoms with Crippen molar-refractivity contribution in [1.29, 1.82) is 0 Å². The van der Waals surface area contributed by atoms with Gasteiger partial charge in [0.1, 0.15) is 0 Å². The molecule has 0 spiro atoms. The van der Waals surface area contributed by atoms with Crippen LogP contribution in [-0.2, 0) is 12.8 Å². The van der Waals surface area contributed by atoms with Crippen molar-refractivity contribution < 1.29 is 0 Å². The van der Waals surface area contributed by atoms with E-state index in [0.717, 1.165) is 25.2 Å². The highest BCUT2D eigenvalue weighted by Gasteiger charge is 2.27. The van der Waals surface area contributed by atoms with Crippen molar-refractivity contribution in [2.45, 2.75) is 31.6 Å². The zero-order chi connectivity index (χ0) is 14.2. The van der Waals surface area contributed by atoms with E-state index in [1.54, 1.807) is 11.1 Å². The topological polar surface area (TPSA) is 29.3 Å². The van der Waals surface area contributed by atoms with Crippen molar-refractivity contribution in [2.75, 3.05) is 23.7 Å². The van der Waals surface area contributed by atoms with Crippen LogP contribution < -0.4 is 10.6 Å². The van der Waals surface area contributed by atoms with Crippen molar-refractivity contribution in [3.05, 3.63) is 59.2 Å². The normalized spacial score (nSPS) is 20.2. The van der Waals surface area contributed by atoms with Crippen LogP contribution in [0, 0.1) is 0 Å². The Labute approximate surface area is 126 Å². The number of anilines is 2. The second-order valence-electron chi connectivity index (χ2n) is 6.34. The van der Waals surface area contributed by atoms with Gasteiger partial charge in [0.25, 0.3) is 0 Å². The lowest BCUT2D eigenvalue weighted by molar-refractivity contribution is 0.544. The molecule has 2 aromatic rings. The lowest BCUT2D eigenvalue weighted by atomic mass is 9.82. The Morgan fingerprint density at radius 3 is 2.81 bits per heavy atom. The summed E-state index contributed by atoms with van der Waals surface area (Å²) in [6.45, 7) is 2.22. The average molecular weight is 278 g/mol. The summed E-state index contributed by atoms with van der Waals surface area (Å²) in [4.78, 5) is 2.51. The Morgan fingerprint density at radius 2 is 1.86 bits per heavy atom. The molecule has 1 atom stereocenters. The van der Waals surface area contributed by atoms with Crippen LogP contribution in [0.4, 0.5) is 11.4 Å². The minimum Gasteiger partial charge on any atom is -0.397 e. The number of rotatable bonds is 2. The molecule has 1 unspecified atom stereocenters. The van der Waals surface area contributed by atoms with Crippen molar-refractivity contribution in [3.63, 3.8) is 0 Å². The number of nitrogens with two attached hydrogens (primary N) is 1. The number of nitrogens with zero attached hydrogens (tertiary/aromatic N) is 1. The van der Waals surface area contributed by atoms with E-state index >= 15 is 0 Å². The Morgan fingerprint density at radius 1 is 1.00 bits per heavy atom. The van der Waals surface area contributed by atoms with E-state index < -0.39 is 0 Å². The Bertz CT molecular complexity index is 662. The van der Waals surface area contributed by atoms with Gasteiger partial charge in [-0.05, 0) is 48.4 Å². The van der Waals surface area contributed by atoms with Crippen LogP contribution in [0.2, 0.25) is 0 Å². The molecule has 1 heterocycles. The summed E-state index contributed by atoms with van der Waals surface area (Å²) in [5, 5.41) is 0. The van der Waals surface area contributed by atoms with Crippen molar-refractivity contribution in [2.24, 2.45) is 0 Å². The van der Waals surface area contributed by atoms with Crippen LogP contribution in [0.1, 0.15) is 35.4 Å². The van der Waals surface area contributed by atoms with Crippen LogP contribution in [0.25, 0.3) is 0 Å². The fraction of sp³-hybridized carbons (Fsp3) is 0.368. The number of para-hydroxylation sites is 1. The number of hydrogen-bond donors (Lipinski definition) is 1. The second kappa shape index (κ2) is 5.10. The molecule has 2 heteroatoms. The van der Waals surface area contributed by atoms with Crippen LogP contribution >= 0.6 is 0 Å². The maximum Gasteiger partial charge on any atom is 0.0633 e. The van der Waals surface area contributed by atoms with Crippen LogP contribution in [0.5, 0.6) is 0 Å². The molecule has 0 radical (unpaired) electrons. The van der Waals surface area contributed by atoms with Gasteiger partial charge in [-0.25, -0.2) is 0 Å². The van der Waals surface area contributed by atoms with Crippen LogP contribution in [0.15, 0.2) is 42.5 Å². The standard InChI is InChI=1S/C19H22N2/c20-18-10-4-7-15-11-12-21(19(15)18)13-16-8-3-6-14-5-1-2-9-17(14)16/h1-2,4-5,7,9-10,16H,3,6,8,11-13,20H2. The van der Waals surface area contributed by atoms with Gasteiger partial charge in [-0.2, -0.15) is 0 Å². The van der Waals surface area contributed by atoms with Gasteiger partial charge in [0.15, 0.2) is 0 Å². The predicted molar refractivity (Wildman–Crippen MR) is 88.9 cm³/mol. The van der Waals surface area contributed by atoms with Crippen LogP contribution in [0.3, 0.4) is 0 Å². The molecular formula is C19H22N2. The molecule has 0 aromatic heterocycles. The Balaban J connectivity index is 1.62. The highest BCUT2D eigenvalue weighted by atomic mass is 15.2. The molecule has 0 fully saturated rings. The van der Waals surface area contributed by atoms with Gasteiger partial charge in [0, 0.05) is 19.0 Å². The first kappa shape index (κ1) is 12.8. The molecule has 108 valence electrons. The summed E-state index contributed by atoms with van der Waals surface area (Å²) in [6, 6.07) is 15.3. The third-order valence-corrected chi connectivity index (χ3v) is 5.05. The zero-order valence-corrected chi connectivity index (χ0v) is 12.4. The third kappa shape index (κ3) is 2.19. The highest BCUT2D eigenvalue weighted by Crippen LogP contribution is 2.38. The average Bonchev–Trinajstić information content (AvgIpc) is 2.92. The maximum absolute atomic E-state index is 6.22. The minimum absolute atomic E-state index is 0.653. The first-order valence-corrected chi connectivity index (χ1v) is 8.03. The van der Waals surface area contributed by atoms with Gasteiger partial charge in [-0.15, -0.1) is 0 Å². The van der Waals surface area contributed by atoms with Gasteiger partial charge in [0.2, 0.25) is 0 Å². The SMILES string of the molecule is Nc1cccc2c1N(CC1CCCc3ccccc31)CC2. The summed E-state index contributed by atoms with van der Waals surface area (Å²) in [6.07, 6.45) is 4.99. The largest absolute Gasteiger partial charge is 0.397 e. The van der Waals surface area contributed by atoms with E-state index in [1.807, 2.05) is 6.07 Å². The number of fused-ring (bicyclic) bond motifs is 2. The smallest absolute Gasteiger partial charge is 0.0633 e. The molecule has 0 amide bonds. The first-order chi connectivity index (χ1) is 10.3. The van der Waals surface area contributed by atoms with E-state index in [0.29, 0.717) is 5.92 Å². The minimum atomic E-state index is 0.653. The van der Waals surface area contributed by atoms with E-state index in [4.69, 9.17) is 5.73 Å². The molecule has 1 aliphatic carbocycles. The molecular weight excluding hydrogens is 256 g/mol. The van der Waals surface area contributed by atoms with Gasteiger partial charge in [0.05, 0.1) is 11.4 Å². The van der Waals surface area contributed by atoms with Gasteiger partial charge in [-0.1, -0.05) is 36.4 Å². The second-order valence-corrected chi connectivity index (χ2v) is 6.34. The fourth-order valence-corrected chi connectivity index (χ4v) is 4.06. The summed E-state index contributed by atoms with van der Waals surface area (Å²) >= 11 is 0. The molecule has 2 N–H and O–H groups in total. The van der Waals surface area contributed by atoms with E-state index in [-0.39, 0.29) is 0 Å².